The zero-order chi connectivity index (χ0) is 9.84. The lowest BCUT2D eigenvalue weighted by molar-refractivity contribution is -0.129. The fourth-order valence-corrected chi connectivity index (χ4v) is 0.875. The van der Waals surface area contributed by atoms with Crippen molar-refractivity contribution in [3.05, 3.63) is 35.6 Å². The van der Waals surface area contributed by atoms with E-state index in [1.54, 1.807) is 5.43 Å². The summed E-state index contributed by atoms with van der Waals surface area (Å²) in [4.78, 5) is 10.8. The molecule has 5 heteroatoms. The Labute approximate surface area is 74.1 Å². The lowest BCUT2D eigenvalue weighted by Crippen LogP contribution is -2.34. The highest BCUT2D eigenvalue weighted by molar-refractivity contribution is 5.81. The van der Waals surface area contributed by atoms with E-state index in [2.05, 4.69) is 0 Å². The maximum absolute atomic E-state index is 12.4. The van der Waals surface area contributed by atoms with Gasteiger partial charge in [-0.25, -0.2) is 10.2 Å². The average Bonchev–Trinajstić information content (AvgIpc) is 2.17. The minimum atomic E-state index is -1.36. The summed E-state index contributed by atoms with van der Waals surface area (Å²) in [7, 11) is 0. The summed E-state index contributed by atoms with van der Waals surface area (Å²) in [6.45, 7) is 0. The van der Waals surface area contributed by atoms with E-state index in [0.717, 1.165) is 12.1 Å². The standard InChI is InChI=1S/C8H9FN2O2/c9-6-3-1-5(2-4-6)7(12)8(13)11-10/h1-4,7,12H,10H2,(H,11,13). The molecule has 0 saturated heterocycles. The van der Waals surface area contributed by atoms with Crippen molar-refractivity contribution in [2.45, 2.75) is 6.10 Å². The van der Waals surface area contributed by atoms with Gasteiger partial charge in [0, 0.05) is 0 Å². The summed E-state index contributed by atoms with van der Waals surface area (Å²) in [5.41, 5.74) is 2.09. The van der Waals surface area contributed by atoms with E-state index in [1.807, 2.05) is 0 Å². The van der Waals surface area contributed by atoms with E-state index in [4.69, 9.17) is 5.84 Å². The largest absolute Gasteiger partial charge is 0.378 e. The maximum Gasteiger partial charge on any atom is 0.267 e. The lowest BCUT2D eigenvalue weighted by atomic mass is 10.1. The van der Waals surface area contributed by atoms with Gasteiger partial charge in [-0.1, -0.05) is 12.1 Å². The summed E-state index contributed by atoms with van der Waals surface area (Å²) in [6, 6.07) is 4.94. The van der Waals surface area contributed by atoms with Gasteiger partial charge in [0.05, 0.1) is 0 Å². The third kappa shape index (κ3) is 2.24. The van der Waals surface area contributed by atoms with Gasteiger partial charge < -0.3 is 5.11 Å². The van der Waals surface area contributed by atoms with Crippen LogP contribution in [-0.2, 0) is 4.79 Å². The highest BCUT2D eigenvalue weighted by atomic mass is 19.1. The lowest BCUT2D eigenvalue weighted by Gasteiger charge is -2.08. The molecule has 4 N–H and O–H groups in total. The predicted octanol–water partition coefficient (Wildman–Crippen LogP) is -0.151. The second-order valence-electron chi connectivity index (χ2n) is 2.46. The molecule has 1 rings (SSSR count). The Hall–Kier alpha value is -1.46. The van der Waals surface area contributed by atoms with Crippen molar-refractivity contribution in [3.63, 3.8) is 0 Å². The maximum atomic E-state index is 12.4. The van der Waals surface area contributed by atoms with Crippen LogP contribution in [0.15, 0.2) is 24.3 Å². The molecule has 0 aliphatic heterocycles. The zero-order valence-corrected chi connectivity index (χ0v) is 6.70. The molecule has 1 aromatic carbocycles. The molecule has 0 radical (unpaired) electrons. The van der Waals surface area contributed by atoms with Crippen LogP contribution >= 0.6 is 0 Å². The minimum Gasteiger partial charge on any atom is -0.378 e. The van der Waals surface area contributed by atoms with Crippen LogP contribution < -0.4 is 11.3 Å². The van der Waals surface area contributed by atoms with Crippen molar-refractivity contribution in [1.29, 1.82) is 0 Å². The van der Waals surface area contributed by atoms with Crippen molar-refractivity contribution in [2.75, 3.05) is 0 Å². The van der Waals surface area contributed by atoms with Crippen LogP contribution in [-0.4, -0.2) is 11.0 Å². The first kappa shape index (κ1) is 9.63. The van der Waals surface area contributed by atoms with E-state index in [-0.39, 0.29) is 0 Å². The smallest absolute Gasteiger partial charge is 0.267 e. The number of benzene rings is 1. The Morgan fingerprint density at radius 3 is 2.46 bits per heavy atom. The Bertz CT molecular complexity index is 300. The molecule has 1 atom stereocenters. The molecule has 0 heterocycles. The normalized spacial score (nSPS) is 12.2. The number of rotatable bonds is 2. The van der Waals surface area contributed by atoms with Crippen molar-refractivity contribution in [2.24, 2.45) is 5.84 Å². The minimum absolute atomic E-state index is 0.296. The van der Waals surface area contributed by atoms with Crippen molar-refractivity contribution >= 4 is 5.91 Å². The molecule has 0 spiro atoms. The monoisotopic (exact) mass is 184 g/mol. The van der Waals surface area contributed by atoms with Crippen LogP contribution in [0, 0.1) is 5.82 Å². The average molecular weight is 184 g/mol. The summed E-state index contributed by atoms with van der Waals surface area (Å²) in [5.74, 6) is 3.65. The molecule has 1 amide bonds. The molecule has 0 fully saturated rings. The molecule has 1 unspecified atom stereocenters. The number of hydrogen-bond acceptors (Lipinski definition) is 3. The summed E-state index contributed by atoms with van der Waals surface area (Å²) in [6.07, 6.45) is -1.36. The molecule has 70 valence electrons. The Morgan fingerprint density at radius 2 is 2.00 bits per heavy atom. The van der Waals surface area contributed by atoms with Gasteiger partial charge >= 0.3 is 0 Å². The van der Waals surface area contributed by atoms with Crippen molar-refractivity contribution in [3.8, 4) is 0 Å². The second-order valence-corrected chi connectivity index (χ2v) is 2.46. The molecule has 1 aromatic rings. The van der Waals surface area contributed by atoms with E-state index >= 15 is 0 Å². The van der Waals surface area contributed by atoms with Gasteiger partial charge in [-0.3, -0.25) is 10.2 Å². The molecule has 0 bridgehead atoms. The quantitative estimate of drug-likeness (QED) is 0.340. The highest BCUT2D eigenvalue weighted by Crippen LogP contribution is 2.12. The fourth-order valence-electron chi connectivity index (χ4n) is 0.875. The second kappa shape index (κ2) is 3.97. The predicted molar refractivity (Wildman–Crippen MR) is 43.7 cm³/mol. The summed E-state index contributed by atoms with van der Waals surface area (Å²) in [5, 5.41) is 9.27. The summed E-state index contributed by atoms with van der Waals surface area (Å²) < 4.78 is 12.4. The molecule has 4 nitrogen and oxygen atoms in total. The van der Waals surface area contributed by atoms with Gasteiger partial charge in [0.2, 0.25) is 0 Å². The van der Waals surface area contributed by atoms with E-state index in [1.165, 1.54) is 12.1 Å². The highest BCUT2D eigenvalue weighted by Gasteiger charge is 2.15. The van der Waals surface area contributed by atoms with Gasteiger partial charge in [0.1, 0.15) is 5.82 Å². The number of aliphatic hydroxyl groups excluding tert-OH is 1. The van der Waals surface area contributed by atoms with Gasteiger partial charge in [-0.2, -0.15) is 0 Å². The van der Waals surface area contributed by atoms with Crippen molar-refractivity contribution in [1.82, 2.24) is 5.43 Å². The number of nitrogens with one attached hydrogen (secondary N) is 1. The molecule has 0 aliphatic carbocycles. The van der Waals surface area contributed by atoms with Gasteiger partial charge in [0.15, 0.2) is 6.10 Å². The first-order chi connectivity index (χ1) is 6.15. The number of hydrogen-bond donors (Lipinski definition) is 3. The Kier molecular flexibility index (Phi) is 2.94. The Morgan fingerprint density at radius 1 is 1.46 bits per heavy atom. The van der Waals surface area contributed by atoms with E-state index in [9.17, 15) is 14.3 Å². The van der Waals surface area contributed by atoms with Crippen LogP contribution in [0.4, 0.5) is 4.39 Å². The molecule has 13 heavy (non-hydrogen) atoms. The topological polar surface area (TPSA) is 75.3 Å². The number of hydrazine groups is 1. The molecule has 0 aliphatic rings. The number of aliphatic hydroxyl groups is 1. The van der Waals surface area contributed by atoms with Gasteiger partial charge in [0.25, 0.3) is 5.91 Å². The van der Waals surface area contributed by atoms with Gasteiger partial charge in [-0.05, 0) is 17.7 Å². The third-order valence-electron chi connectivity index (χ3n) is 1.58. The first-order valence-electron chi connectivity index (χ1n) is 3.59. The zero-order valence-electron chi connectivity index (χ0n) is 6.70. The Balaban J connectivity index is 2.83. The van der Waals surface area contributed by atoms with Crippen molar-refractivity contribution < 1.29 is 14.3 Å². The number of nitrogens with two attached hydrogens (primary N) is 1. The van der Waals surface area contributed by atoms with Crippen LogP contribution in [0.2, 0.25) is 0 Å². The fraction of sp³-hybridized carbons (Fsp3) is 0.125. The number of halogens is 1. The number of amides is 1. The molecule has 0 aromatic heterocycles. The molecule has 0 saturated carbocycles. The molecular formula is C8H9FN2O2. The summed E-state index contributed by atoms with van der Waals surface area (Å²) >= 11 is 0. The molecular weight excluding hydrogens is 175 g/mol. The van der Waals surface area contributed by atoms with Gasteiger partial charge in [-0.15, -0.1) is 0 Å². The SMILES string of the molecule is NNC(=O)C(O)c1ccc(F)cc1. The van der Waals surface area contributed by atoms with Crippen LogP contribution in [0.1, 0.15) is 11.7 Å². The first-order valence-corrected chi connectivity index (χ1v) is 3.59. The number of carbonyl (C=O) groups is 1. The third-order valence-corrected chi connectivity index (χ3v) is 1.58. The van der Waals surface area contributed by atoms with Crippen LogP contribution in [0.5, 0.6) is 0 Å². The van der Waals surface area contributed by atoms with E-state index in [0.29, 0.717) is 5.56 Å². The number of carbonyl (C=O) groups excluding carboxylic acids is 1. The van der Waals surface area contributed by atoms with E-state index < -0.39 is 17.8 Å². The van der Waals surface area contributed by atoms with Crippen LogP contribution in [0.25, 0.3) is 0 Å². The van der Waals surface area contributed by atoms with Crippen LogP contribution in [0.3, 0.4) is 0 Å².